The average molecular weight is 389 g/mol. The predicted molar refractivity (Wildman–Crippen MR) is 104 cm³/mol. The average Bonchev–Trinajstić information content (AvgIpc) is 2.62. The third-order valence-corrected chi connectivity index (χ3v) is 4.83. The molecule has 6 heteroatoms. The lowest BCUT2D eigenvalue weighted by Crippen LogP contribution is -2.00. The summed E-state index contributed by atoms with van der Waals surface area (Å²) in [5.74, 6) is 1.54. The van der Waals surface area contributed by atoms with E-state index in [1.165, 1.54) is 23.9 Å². The number of aromatic nitrogens is 2. The van der Waals surface area contributed by atoms with Gasteiger partial charge in [-0.25, -0.2) is 9.37 Å². The van der Waals surface area contributed by atoms with Gasteiger partial charge in [0.25, 0.3) is 0 Å². The van der Waals surface area contributed by atoms with Crippen LogP contribution in [0.3, 0.4) is 0 Å². The summed E-state index contributed by atoms with van der Waals surface area (Å²) in [6.45, 7) is 4.12. The van der Waals surface area contributed by atoms with E-state index in [9.17, 15) is 4.39 Å². The molecule has 0 fully saturated rings. The second kappa shape index (κ2) is 8.52. The molecule has 26 heavy (non-hydrogen) atoms. The molecule has 0 aliphatic rings. The number of para-hydroxylation sites is 1. The zero-order chi connectivity index (χ0) is 18.5. The summed E-state index contributed by atoms with van der Waals surface area (Å²) < 4.78 is 19.2. The summed E-state index contributed by atoms with van der Waals surface area (Å²) in [4.78, 5) is 9.05. The van der Waals surface area contributed by atoms with E-state index in [1.807, 2.05) is 24.3 Å². The lowest BCUT2D eigenvalue weighted by molar-refractivity contribution is 0.453. The molecule has 0 N–H and O–H groups in total. The van der Waals surface area contributed by atoms with Gasteiger partial charge in [-0.3, -0.25) is 0 Å². The molecular formula is C20H18ClFN2OS. The van der Waals surface area contributed by atoms with Gasteiger partial charge in [-0.05, 0) is 35.7 Å². The standard InChI is InChI=1S/C20H18ClFN2OS/c1-13(2)17-11-19(25-18-9-4-3-8-16(18)21)24-20(23-17)26-12-14-6-5-7-15(22)10-14/h3-11,13H,12H2,1-2H3. The molecule has 3 nitrogen and oxygen atoms in total. The van der Waals surface area contributed by atoms with Gasteiger partial charge in [-0.15, -0.1) is 0 Å². The van der Waals surface area contributed by atoms with Crippen LogP contribution in [0.15, 0.2) is 59.8 Å². The van der Waals surface area contributed by atoms with Crippen LogP contribution in [-0.2, 0) is 5.75 Å². The number of benzene rings is 2. The minimum absolute atomic E-state index is 0.222. The first kappa shape index (κ1) is 18.7. The number of nitrogens with zero attached hydrogens (tertiary/aromatic N) is 2. The Bertz CT molecular complexity index is 904. The highest BCUT2D eigenvalue weighted by Gasteiger charge is 2.11. The van der Waals surface area contributed by atoms with E-state index >= 15 is 0 Å². The number of rotatable bonds is 6. The van der Waals surface area contributed by atoms with E-state index in [0.29, 0.717) is 27.6 Å². The van der Waals surface area contributed by atoms with Crippen molar-refractivity contribution in [2.24, 2.45) is 0 Å². The molecule has 0 radical (unpaired) electrons. The summed E-state index contributed by atoms with van der Waals surface area (Å²) in [5.41, 5.74) is 1.76. The van der Waals surface area contributed by atoms with Crippen LogP contribution in [0.25, 0.3) is 0 Å². The number of hydrogen-bond acceptors (Lipinski definition) is 4. The van der Waals surface area contributed by atoms with Crippen molar-refractivity contribution in [3.05, 3.63) is 76.7 Å². The monoisotopic (exact) mass is 388 g/mol. The largest absolute Gasteiger partial charge is 0.437 e. The van der Waals surface area contributed by atoms with Crippen molar-refractivity contribution in [2.45, 2.75) is 30.7 Å². The highest BCUT2D eigenvalue weighted by Crippen LogP contribution is 2.31. The van der Waals surface area contributed by atoms with Crippen molar-refractivity contribution in [3.63, 3.8) is 0 Å². The van der Waals surface area contributed by atoms with Crippen LogP contribution < -0.4 is 4.74 Å². The quantitative estimate of drug-likeness (QED) is 0.357. The molecule has 134 valence electrons. The molecule has 1 aromatic heterocycles. The first-order valence-electron chi connectivity index (χ1n) is 8.20. The van der Waals surface area contributed by atoms with Crippen LogP contribution in [0.1, 0.15) is 31.0 Å². The Morgan fingerprint density at radius 1 is 1.08 bits per heavy atom. The normalized spacial score (nSPS) is 11.0. The minimum atomic E-state index is -0.248. The van der Waals surface area contributed by atoms with Crippen LogP contribution in [0, 0.1) is 5.82 Å². The molecule has 0 aliphatic carbocycles. The lowest BCUT2D eigenvalue weighted by atomic mass is 10.1. The van der Waals surface area contributed by atoms with Crippen molar-refractivity contribution < 1.29 is 9.13 Å². The van der Waals surface area contributed by atoms with E-state index in [4.69, 9.17) is 16.3 Å². The van der Waals surface area contributed by atoms with E-state index in [1.54, 1.807) is 18.2 Å². The molecule has 3 aromatic rings. The SMILES string of the molecule is CC(C)c1cc(Oc2ccccc2Cl)nc(SCc2cccc(F)c2)n1. The molecule has 0 atom stereocenters. The minimum Gasteiger partial charge on any atom is -0.437 e. The van der Waals surface area contributed by atoms with Crippen molar-refractivity contribution in [1.82, 2.24) is 9.97 Å². The maximum Gasteiger partial charge on any atom is 0.223 e. The lowest BCUT2D eigenvalue weighted by Gasteiger charge is -2.11. The van der Waals surface area contributed by atoms with Gasteiger partial charge in [0.1, 0.15) is 11.6 Å². The van der Waals surface area contributed by atoms with Crippen LogP contribution in [0.4, 0.5) is 4.39 Å². The first-order valence-corrected chi connectivity index (χ1v) is 9.56. The van der Waals surface area contributed by atoms with Gasteiger partial charge in [0.2, 0.25) is 5.88 Å². The fourth-order valence-electron chi connectivity index (χ4n) is 2.25. The van der Waals surface area contributed by atoms with E-state index in [-0.39, 0.29) is 11.7 Å². The molecule has 0 unspecified atom stereocenters. The Balaban J connectivity index is 1.83. The van der Waals surface area contributed by atoms with Crippen LogP contribution in [0.5, 0.6) is 11.6 Å². The summed E-state index contributed by atoms with van der Waals surface area (Å²) in [7, 11) is 0. The molecular weight excluding hydrogens is 371 g/mol. The maximum absolute atomic E-state index is 13.3. The molecule has 0 aliphatic heterocycles. The summed E-state index contributed by atoms with van der Waals surface area (Å²) >= 11 is 7.60. The van der Waals surface area contributed by atoms with E-state index in [0.717, 1.165) is 11.3 Å². The summed E-state index contributed by atoms with van der Waals surface area (Å²) in [6, 6.07) is 15.6. The Kier molecular flexibility index (Phi) is 6.12. The third-order valence-electron chi connectivity index (χ3n) is 3.60. The highest BCUT2D eigenvalue weighted by atomic mass is 35.5. The topological polar surface area (TPSA) is 35.0 Å². The fraction of sp³-hybridized carbons (Fsp3) is 0.200. The maximum atomic E-state index is 13.3. The Labute approximate surface area is 161 Å². The zero-order valence-corrected chi connectivity index (χ0v) is 16.0. The van der Waals surface area contributed by atoms with E-state index < -0.39 is 0 Å². The first-order chi connectivity index (χ1) is 12.5. The molecule has 1 heterocycles. The molecule has 0 saturated carbocycles. The Morgan fingerprint density at radius 2 is 1.88 bits per heavy atom. The highest BCUT2D eigenvalue weighted by molar-refractivity contribution is 7.98. The molecule has 0 saturated heterocycles. The van der Waals surface area contributed by atoms with Gasteiger partial charge in [0.05, 0.1) is 10.7 Å². The third kappa shape index (κ3) is 4.96. The summed E-state index contributed by atoms with van der Waals surface area (Å²) in [6.07, 6.45) is 0. The second-order valence-electron chi connectivity index (χ2n) is 6.02. The fourth-order valence-corrected chi connectivity index (χ4v) is 3.22. The number of ether oxygens (including phenoxy) is 1. The van der Waals surface area contributed by atoms with Crippen molar-refractivity contribution in [2.75, 3.05) is 0 Å². The van der Waals surface area contributed by atoms with Crippen molar-refractivity contribution >= 4 is 23.4 Å². The van der Waals surface area contributed by atoms with Gasteiger partial charge >= 0.3 is 0 Å². The van der Waals surface area contributed by atoms with E-state index in [2.05, 4.69) is 23.8 Å². The van der Waals surface area contributed by atoms with Crippen molar-refractivity contribution in [3.8, 4) is 11.6 Å². The summed E-state index contributed by atoms with van der Waals surface area (Å²) in [5, 5.41) is 1.11. The van der Waals surface area contributed by atoms with Gasteiger partial charge < -0.3 is 4.74 Å². The predicted octanol–water partition coefficient (Wildman–Crippen LogP) is 6.48. The van der Waals surface area contributed by atoms with Crippen LogP contribution >= 0.6 is 23.4 Å². The van der Waals surface area contributed by atoms with Crippen LogP contribution in [0.2, 0.25) is 5.02 Å². The smallest absolute Gasteiger partial charge is 0.223 e. The second-order valence-corrected chi connectivity index (χ2v) is 7.37. The molecule has 0 bridgehead atoms. The molecule has 0 spiro atoms. The van der Waals surface area contributed by atoms with Gasteiger partial charge in [-0.1, -0.05) is 61.5 Å². The number of hydrogen-bond donors (Lipinski definition) is 0. The zero-order valence-electron chi connectivity index (χ0n) is 14.4. The number of halogens is 2. The molecule has 2 aromatic carbocycles. The van der Waals surface area contributed by atoms with Crippen LogP contribution in [-0.4, -0.2) is 9.97 Å². The molecule has 3 rings (SSSR count). The molecule has 0 amide bonds. The number of thioether (sulfide) groups is 1. The van der Waals surface area contributed by atoms with Gasteiger partial charge in [0.15, 0.2) is 5.16 Å². The van der Waals surface area contributed by atoms with Gasteiger partial charge in [-0.2, -0.15) is 4.98 Å². The van der Waals surface area contributed by atoms with Crippen molar-refractivity contribution in [1.29, 1.82) is 0 Å². The van der Waals surface area contributed by atoms with Gasteiger partial charge in [0, 0.05) is 11.8 Å². The Hall–Kier alpha value is -2.11. The Morgan fingerprint density at radius 3 is 2.62 bits per heavy atom.